The summed E-state index contributed by atoms with van der Waals surface area (Å²) >= 11 is 0. The fourth-order valence-electron chi connectivity index (χ4n) is 1.69. The molecule has 0 saturated heterocycles. The number of carboxylic acid groups (broad SMARTS) is 1. The summed E-state index contributed by atoms with van der Waals surface area (Å²) in [5.41, 5.74) is 6.06. The van der Waals surface area contributed by atoms with E-state index in [9.17, 15) is 4.79 Å². The first kappa shape index (κ1) is 12.0. The van der Waals surface area contributed by atoms with E-state index >= 15 is 0 Å². The highest BCUT2D eigenvalue weighted by Crippen LogP contribution is 2.31. The van der Waals surface area contributed by atoms with Gasteiger partial charge in [-0.25, -0.2) is 9.78 Å². The first-order valence-electron chi connectivity index (χ1n) is 5.12. The lowest BCUT2D eigenvalue weighted by Crippen LogP contribution is -2.05. The number of ether oxygens (including phenoxy) is 2. The Kier molecular flexibility index (Phi) is 2.93. The molecule has 0 fully saturated rings. The van der Waals surface area contributed by atoms with Crippen molar-refractivity contribution >= 4 is 22.7 Å². The van der Waals surface area contributed by atoms with Crippen molar-refractivity contribution in [2.45, 2.75) is 0 Å². The fourth-order valence-corrected chi connectivity index (χ4v) is 1.69. The Balaban J connectivity index is 2.79. The van der Waals surface area contributed by atoms with Gasteiger partial charge in [0.05, 0.1) is 14.2 Å². The van der Waals surface area contributed by atoms with Crippen LogP contribution in [0.25, 0.3) is 10.9 Å². The van der Waals surface area contributed by atoms with Crippen molar-refractivity contribution < 1.29 is 19.4 Å². The smallest absolute Gasteiger partial charge is 0.339 e. The van der Waals surface area contributed by atoms with Crippen LogP contribution in [0.3, 0.4) is 0 Å². The van der Waals surface area contributed by atoms with E-state index in [4.69, 9.17) is 20.3 Å². The number of fused-ring (bicyclic) bond motifs is 1. The lowest BCUT2D eigenvalue weighted by Gasteiger charge is -2.09. The zero-order chi connectivity index (χ0) is 13.3. The van der Waals surface area contributed by atoms with Gasteiger partial charge in [-0.3, -0.25) is 0 Å². The largest absolute Gasteiger partial charge is 0.497 e. The Hall–Kier alpha value is -2.50. The number of benzene rings is 1. The van der Waals surface area contributed by atoms with E-state index in [0.717, 1.165) is 0 Å². The second-order valence-electron chi connectivity index (χ2n) is 3.63. The van der Waals surface area contributed by atoms with Crippen LogP contribution in [0.2, 0.25) is 0 Å². The standard InChI is InChI=1S/C12H12N2O4/c1-17-7-3-6-4-8(12(15)16)11(13)14-10(6)9(5-7)18-2/h3-5H,1-2H3,(H2,13,14)(H,15,16). The highest BCUT2D eigenvalue weighted by atomic mass is 16.5. The average molecular weight is 248 g/mol. The third-order valence-corrected chi connectivity index (χ3v) is 2.57. The lowest BCUT2D eigenvalue weighted by atomic mass is 10.1. The third-order valence-electron chi connectivity index (χ3n) is 2.57. The van der Waals surface area contributed by atoms with Crippen molar-refractivity contribution in [1.29, 1.82) is 0 Å². The summed E-state index contributed by atoms with van der Waals surface area (Å²) in [5, 5.41) is 9.59. The van der Waals surface area contributed by atoms with Crippen molar-refractivity contribution in [3.63, 3.8) is 0 Å². The van der Waals surface area contributed by atoms with Crippen LogP contribution in [-0.2, 0) is 0 Å². The molecule has 0 saturated carbocycles. The molecule has 6 heteroatoms. The quantitative estimate of drug-likeness (QED) is 0.855. The van der Waals surface area contributed by atoms with E-state index in [0.29, 0.717) is 22.4 Å². The number of carboxylic acids is 1. The second-order valence-corrected chi connectivity index (χ2v) is 3.63. The number of aromatic carboxylic acids is 1. The molecule has 6 nitrogen and oxygen atoms in total. The molecule has 0 amide bonds. The van der Waals surface area contributed by atoms with Crippen molar-refractivity contribution in [1.82, 2.24) is 4.98 Å². The summed E-state index contributed by atoms with van der Waals surface area (Å²) in [7, 11) is 3.01. The molecule has 0 spiro atoms. The summed E-state index contributed by atoms with van der Waals surface area (Å²) in [4.78, 5) is 15.1. The Morgan fingerprint density at radius 2 is 2.00 bits per heavy atom. The van der Waals surface area contributed by atoms with Gasteiger partial charge < -0.3 is 20.3 Å². The summed E-state index contributed by atoms with van der Waals surface area (Å²) in [6, 6.07) is 4.79. The van der Waals surface area contributed by atoms with Crippen molar-refractivity contribution in [3.8, 4) is 11.5 Å². The summed E-state index contributed by atoms with van der Waals surface area (Å²) in [6.07, 6.45) is 0. The maximum Gasteiger partial charge on any atom is 0.339 e. The van der Waals surface area contributed by atoms with E-state index in [-0.39, 0.29) is 11.4 Å². The Bertz CT molecular complexity index is 625. The van der Waals surface area contributed by atoms with Gasteiger partial charge in [0.1, 0.15) is 28.4 Å². The number of anilines is 1. The number of nitrogens with two attached hydrogens (primary N) is 1. The normalized spacial score (nSPS) is 10.3. The summed E-state index contributed by atoms with van der Waals surface area (Å²) in [6.45, 7) is 0. The molecule has 0 bridgehead atoms. The van der Waals surface area contributed by atoms with E-state index in [1.165, 1.54) is 20.3 Å². The maximum atomic E-state index is 11.0. The molecule has 0 radical (unpaired) electrons. The molecular formula is C12H12N2O4. The topological polar surface area (TPSA) is 94.7 Å². The minimum absolute atomic E-state index is 0.0431. The van der Waals surface area contributed by atoms with Crippen LogP contribution < -0.4 is 15.2 Å². The monoisotopic (exact) mass is 248 g/mol. The number of aromatic nitrogens is 1. The molecule has 0 unspecified atom stereocenters. The van der Waals surface area contributed by atoms with Gasteiger partial charge in [0.2, 0.25) is 0 Å². The Labute approximate surface area is 103 Å². The number of nitrogen functional groups attached to an aromatic ring is 1. The highest BCUT2D eigenvalue weighted by Gasteiger charge is 2.14. The number of rotatable bonds is 3. The molecule has 1 aromatic heterocycles. The molecule has 0 aliphatic carbocycles. The SMILES string of the molecule is COc1cc(OC)c2nc(N)c(C(=O)O)cc2c1. The molecule has 1 heterocycles. The summed E-state index contributed by atoms with van der Waals surface area (Å²) < 4.78 is 10.3. The van der Waals surface area contributed by atoms with E-state index < -0.39 is 5.97 Å². The molecule has 0 atom stereocenters. The van der Waals surface area contributed by atoms with E-state index in [1.807, 2.05) is 0 Å². The van der Waals surface area contributed by atoms with Crippen LogP contribution in [0.5, 0.6) is 11.5 Å². The Morgan fingerprint density at radius 3 is 2.56 bits per heavy atom. The molecule has 94 valence electrons. The molecule has 0 aliphatic rings. The number of methoxy groups -OCH3 is 2. The lowest BCUT2D eigenvalue weighted by molar-refractivity contribution is 0.0698. The molecule has 18 heavy (non-hydrogen) atoms. The minimum atomic E-state index is -1.12. The summed E-state index contributed by atoms with van der Waals surface area (Å²) in [5.74, 6) is -0.127. The van der Waals surface area contributed by atoms with Crippen molar-refractivity contribution in [2.75, 3.05) is 20.0 Å². The zero-order valence-corrected chi connectivity index (χ0v) is 9.93. The predicted octanol–water partition coefficient (Wildman–Crippen LogP) is 1.53. The molecule has 3 N–H and O–H groups in total. The van der Waals surface area contributed by atoms with Crippen LogP contribution in [-0.4, -0.2) is 30.3 Å². The number of nitrogens with zero attached hydrogens (tertiary/aromatic N) is 1. The highest BCUT2D eigenvalue weighted by molar-refractivity contribution is 5.99. The van der Waals surface area contributed by atoms with E-state index in [2.05, 4.69) is 4.98 Å². The average Bonchev–Trinajstić information content (AvgIpc) is 2.36. The predicted molar refractivity (Wildman–Crippen MR) is 66.2 cm³/mol. The molecule has 2 rings (SSSR count). The van der Waals surface area contributed by atoms with Crippen LogP contribution in [0.1, 0.15) is 10.4 Å². The molecule has 0 aliphatic heterocycles. The van der Waals surface area contributed by atoms with Gasteiger partial charge in [-0.15, -0.1) is 0 Å². The van der Waals surface area contributed by atoms with Gasteiger partial charge in [0, 0.05) is 11.5 Å². The van der Waals surface area contributed by atoms with Gasteiger partial charge in [-0.05, 0) is 12.1 Å². The number of hydrogen-bond acceptors (Lipinski definition) is 5. The third kappa shape index (κ3) is 1.88. The second kappa shape index (κ2) is 4.40. The van der Waals surface area contributed by atoms with Crippen LogP contribution in [0, 0.1) is 0 Å². The van der Waals surface area contributed by atoms with Crippen LogP contribution in [0.4, 0.5) is 5.82 Å². The maximum absolute atomic E-state index is 11.0. The molecule has 2 aromatic rings. The van der Waals surface area contributed by atoms with Gasteiger partial charge >= 0.3 is 5.97 Å². The number of pyridine rings is 1. The fraction of sp³-hybridized carbons (Fsp3) is 0.167. The van der Waals surface area contributed by atoms with Gasteiger partial charge in [-0.1, -0.05) is 0 Å². The van der Waals surface area contributed by atoms with Crippen LogP contribution >= 0.6 is 0 Å². The first-order chi connectivity index (χ1) is 8.56. The molecular weight excluding hydrogens is 236 g/mol. The zero-order valence-electron chi connectivity index (χ0n) is 9.93. The number of carbonyl (C=O) groups is 1. The van der Waals surface area contributed by atoms with E-state index in [1.54, 1.807) is 12.1 Å². The Morgan fingerprint density at radius 1 is 1.28 bits per heavy atom. The van der Waals surface area contributed by atoms with Gasteiger partial charge in [-0.2, -0.15) is 0 Å². The number of hydrogen-bond donors (Lipinski definition) is 2. The van der Waals surface area contributed by atoms with Gasteiger partial charge in [0.25, 0.3) is 0 Å². The molecule has 1 aromatic carbocycles. The van der Waals surface area contributed by atoms with Gasteiger partial charge in [0.15, 0.2) is 0 Å². The van der Waals surface area contributed by atoms with Crippen molar-refractivity contribution in [3.05, 3.63) is 23.8 Å². The van der Waals surface area contributed by atoms with Crippen LogP contribution in [0.15, 0.2) is 18.2 Å². The first-order valence-corrected chi connectivity index (χ1v) is 5.12. The minimum Gasteiger partial charge on any atom is -0.497 e. The van der Waals surface area contributed by atoms with Crippen molar-refractivity contribution in [2.24, 2.45) is 0 Å².